The molecule has 2 atom stereocenters. The van der Waals surface area contributed by atoms with Crippen molar-refractivity contribution < 1.29 is 0 Å². The summed E-state index contributed by atoms with van der Waals surface area (Å²) in [5.74, 6) is 0. The molecule has 0 amide bonds. The fourth-order valence-electron chi connectivity index (χ4n) is 2.09. The van der Waals surface area contributed by atoms with Gasteiger partial charge in [-0.1, -0.05) is 36.8 Å². The van der Waals surface area contributed by atoms with Crippen LogP contribution in [-0.4, -0.2) is 17.5 Å². The van der Waals surface area contributed by atoms with E-state index in [0.29, 0.717) is 6.42 Å². The van der Waals surface area contributed by atoms with Crippen molar-refractivity contribution in [2.24, 2.45) is 0 Å². The Bertz CT molecular complexity index is 353. The summed E-state index contributed by atoms with van der Waals surface area (Å²) >= 11 is 0. The highest BCUT2D eigenvalue weighted by Gasteiger charge is 2.32. The third-order valence-corrected chi connectivity index (χ3v) is 3.13. The van der Waals surface area contributed by atoms with Gasteiger partial charge < -0.3 is 0 Å². The predicted molar refractivity (Wildman–Crippen MR) is 64.7 cm³/mol. The van der Waals surface area contributed by atoms with Crippen molar-refractivity contribution >= 4 is 0 Å². The third-order valence-electron chi connectivity index (χ3n) is 3.13. The van der Waals surface area contributed by atoms with Gasteiger partial charge in [0.2, 0.25) is 0 Å². The van der Waals surface area contributed by atoms with Crippen LogP contribution in [0.1, 0.15) is 31.2 Å². The van der Waals surface area contributed by atoms with E-state index in [9.17, 15) is 0 Å². The Hall–Kier alpha value is -1.33. The average molecular weight is 214 g/mol. The molecule has 16 heavy (non-hydrogen) atoms. The minimum atomic E-state index is 0.714. The first-order valence-electron chi connectivity index (χ1n) is 6.05. The minimum Gasteiger partial charge on any atom is -0.293 e. The van der Waals surface area contributed by atoms with Crippen LogP contribution in [0.25, 0.3) is 0 Å². The molecule has 1 aromatic carbocycles. The van der Waals surface area contributed by atoms with E-state index in [-0.39, 0.29) is 0 Å². The zero-order valence-corrected chi connectivity index (χ0v) is 9.60. The summed E-state index contributed by atoms with van der Waals surface area (Å²) in [6, 6.07) is 13.6. The maximum atomic E-state index is 8.43. The molecule has 0 spiro atoms. The Morgan fingerprint density at radius 1 is 1.25 bits per heavy atom. The van der Waals surface area contributed by atoms with Crippen molar-refractivity contribution in [3.63, 3.8) is 0 Å². The number of hydrogen-bond acceptors (Lipinski definition) is 2. The first-order valence-corrected chi connectivity index (χ1v) is 6.05. The van der Waals surface area contributed by atoms with E-state index in [1.807, 2.05) is 0 Å². The maximum absolute atomic E-state index is 8.43. The lowest BCUT2D eigenvalue weighted by Gasteiger charge is -2.03. The van der Waals surface area contributed by atoms with E-state index < -0.39 is 0 Å². The third kappa shape index (κ3) is 3.36. The van der Waals surface area contributed by atoms with Gasteiger partial charge in [0.15, 0.2) is 0 Å². The molecule has 0 aromatic heterocycles. The molecule has 0 saturated carbocycles. The van der Waals surface area contributed by atoms with Crippen LogP contribution in [0.5, 0.6) is 0 Å². The molecule has 1 heterocycles. The van der Waals surface area contributed by atoms with Gasteiger partial charge in [0.25, 0.3) is 0 Å². The molecule has 1 aliphatic rings. The highest BCUT2D eigenvalue weighted by atomic mass is 15.3. The molecule has 0 bridgehead atoms. The van der Waals surface area contributed by atoms with Crippen LogP contribution in [0.4, 0.5) is 0 Å². The molecule has 1 aromatic rings. The summed E-state index contributed by atoms with van der Waals surface area (Å²) in [6.45, 7) is 2.32. The average Bonchev–Trinajstić information content (AvgIpc) is 3.04. The molecule has 1 aliphatic heterocycles. The fourth-order valence-corrected chi connectivity index (χ4v) is 2.09. The van der Waals surface area contributed by atoms with Gasteiger partial charge in [0.1, 0.15) is 0 Å². The van der Waals surface area contributed by atoms with Crippen LogP contribution < -0.4 is 0 Å². The molecule has 1 saturated heterocycles. The molecule has 0 radical (unpaired) electrons. The SMILES string of the molecule is N#CCCCCC1CN1Cc1ccccc1. The first kappa shape index (κ1) is 11.2. The lowest BCUT2D eigenvalue weighted by Crippen LogP contribution is -2.01. The second-order valence-electron chi connectivity index (χ2n) is 4.47. The maximum Gasteiger partial charge on any atom is 0.0621 e. The molecular formula is C14H18N2. The standard InChI is InChI=1S/C14H18N2/c15-10-6-2-5-9-14-12-16(14)11-13-7-3-1-4-8-13/h1,3-4,7-8,14H,2,5-6,9,11-12H2. The van der Waals surface area contributed by atoms with Crippen molar-refractivity contribution in [1.29, 1.82) is 5.26 Å². The predicted octanol–water partition coefficient (Wildman–Crippen LogP) is 2.95. The Morgan fingerprint density at radius 2 is 2.06 bits per heavy atom. The topological polar surface area (TPSA) is 26.8 Å². The number of hydrogen-bond donors (Lipinski definition) is 0. The summed E-state index contributed by atoms with van der Waals surface area (Å²) in [5, 5.41) is 8.43. The quantitative estimate of drug-likeness (QED) is 0.537. The van der Waals surface area contributed by atoms with Gasteiger partial charge >= 0.3 is 0 Å². The lowest BCUT2D eigenvalue weighted by molar-refractivity contribution is 0.477. The summed E-state index contributed by atoms with van der Waals surface area (Å²) in [5.41, 5.74) is 1.40. The van der Waals surface area contributed by atoms with E-state index in [2.05, 4.69) is 41.3 Å². The Kier molecular flexibility index (Phi) is 3.96. The van der Waals surface area contributed by atoms with Crippen LogP contribution in [-0.2, 0) is 6.54 Å². The zero-order valence-electron chi connectivity index (χ0n) is 9.60. The smallest absolute Gasteiger partial charge is 0.0621 e. The van der Waals surface area contributed by atoms with Crippen molar-refractivity contribution in [2.45, 2.75) is 38.3 Å². The van der Waals surface area contributed by atoms with Gasteiger partial charge in [0.05, 0.1) is 6.07 Å². The van der Waals surface area contributed by atoms with Gasteiger partial charge in [-0.25, -0.2) is 0 Å². The largest absolute Gasteiger partial charge is 0.293 e. The highest BCUT2D eigenvalue weighted by Crippen LogP contribution is 2.25. The van der Waals surface area contributed by atoms with Crippen LogP contribution in [0.15, 0.2) is 30.3 Å². The van der Waals surface area contributed by atoms with Crippen LogP contribution in [0.3, 0.4) is 0 Å². The second-order valence-corrected chi connectivity index (χ2v) is 4.47. The van der Waals surface area contributed by atoms with Gasteiger partial charge in [-0.2, -0.15) is 5.26 Å². The molecule has 2 rings (SSSR count). The normalized spacial score (nSPS) is 22.7. The Balaban J connectivity index is 1.63. The summed E-state index contributed by atoms with van der Waals surface area (Å²) in [7, 11) is 0. The van der Waals surface area contributed by atoms with Gasteiger partial charge in [-0.15, -0.1) is 0 Å². The number of rotatable bonds is 6. The molecule has 84 valence electrons. The number of nitrogens with zero attached hydrogens (tertiary/aromatic N) is 2. The second kappa shape index (κ2) is 5.67. The monoisotopic (exact) mass is 214 g/mol. The van der Waals surface area contributed by atoms with E-state index in [1.54, 1.807) is 0 Å². The number of unbranched alkanes of at least 4 members (excludes halogenated alkanes) is 2. The van der Waals surface area contributed by atoms with Crippen molar-refractivity contribution in [3.05, 3.63) is 35.9 Å². The lowest BCUT2D eigenvalue weighted by atomic mass is 10.1. The van der Waals surface area contributed by atoms with Crippen molar-refractivity contribution in [3.8, 4) is 6.07 Å². The van der Waals surface area contributed by atoms with Crippen molar-refractivity contribution in [1.82, 2.24) is 4.90 Å². The number of benzene rings is 1. The van der Waals surface area contributed by atoms with Gasteiger partial charge in [0, 0.05) is 25.6 Å². The van der Waals surface area contributed by atoms with E-state index >= 15 is 0 Å². The zero-order chi connectivity index (χ0) is 11.2. The molecule has 1 fully saturated rings. The van der Waals surface area contributed by atoms with E-state index in [1.165, 1.54) is 24.9 Å². The van der Waals surface area contributed by atoms with Gasteiger partial charge in [-0.05, 0) is 18.4 Å². The van der Waals surface area contributed by atoms with Gasteiger partial charge in [-0.3, -0.25) is 4.90 Å². The molecular weight excluding hydrogens is 196 g/mol. The van der Waals surface area contributed by atoms with Crippen LogP contribution in [0, 0.1) is 11.3 Å². The molecule has 0 N–H and O–H groups in total. The molecule has 2 unspecified atom stereocenters. The van der Waals surface area contributed by atoms with Crippen LogP contribution >= 0.6 is 0 Å². The minimum absolute atomic E-state index is 0.714. The first-order chi connectivity index (χ1) is 7.90. The van der Waals surface area contributed by atoms with E-state index in [0.717, 1.165) is 19.0 Å². The van der Waals surface area contributed by atoms with E-state index in [4.69, 9.17) is 5.26 Å². The fraction of sp³-hybridized carbons (Fsp3) is 0.500. The molecule has 2 nitrogen and oxygen atoms in total. The van der Waals surface area contributed by atoms with Crippen molar-refractivity contribution in [2.75, 3.05) is 6.54 Å². The summed E-state index contributed by atoms with van der Waals surface area (Å²) in [6.07, 6.45) is 4.23. The molecule has 0 aliphatic carbocycles. The van der Waals surface area contributed by atoms with Crippen LogP contribution in [0.2, 0.25) is 0 Å². The number of nitriles is 1. The molecule has 2 heteroatoms. The highest BCUT2D eigenvalue weighted by molar-refractivity contribution is 5.15. The summed E-state index contributed by atoms with van der Waals surface area (Å²) in [4.78, 5) is 2.50. The summed E-state index contributed by atoms with van der Waals surface area (Å²) < 4.78 is 0. The Morgan fingerprint density at radius 3 is 2.81 bits per heavy atom. The Labute approximate surface area is 97.5 Å².